The second-order valence-electron chi connectivity index (χ2n) is 3.93. The Balaban J connectivity index is 2.20. The average molecular weight is 324 g/mol. The zero-order chi connectivity index (χ0) is 14.0. The fourth-order valence-electron chi connectivity index (χ4n) is 1.54. The Hall–Kier alpha value is -2.15. The van der Waals surface area contributed by atoms with Crippen LogP contribution in [0.3, 0.4) is 0 Å². The number of benzene rings is 1. The molecule has 7 heteroatoms. The molecule has 0 saturated carbocycles. The number of aromatic amines is 1. The number of halogens is 1. The van der Waals surface area contributed by atoms with Crippen molar-refractivity contribution >= 4 is 33.3 Å². The SMILES string of the molecule is Cc1ccc(Br)cc1NC(=O)c1ccc([N+](=O)[O-])[nH]1. The lowest BCUT2D eigenvalue weighted by Gasteiger charge is -2.06. The first-order chi connectivity index (χ1) is 8.97. The minimum atomic E-state index is -0.582. The molecule has 0 fully saturated rings. The van der Waals surface area contributed by atoms with Crippen LogP contribution in [0.4, 0.5) is 11.5 Å². The van der Waals surface area contributed by atoms with Crippen LogP contribution in [0.2, 0.25) is 0 Å². The fourth-order valence-corrected chi connectivity index (χ4v) is 1.90. The van der Waals surface area contributed by atoms with Crippen molar-refractivity contribution in [3.8, 4) is 0 Å². The van der Waals surface area contributed by atoms with E-state index in [0.717, 1.165) is 10.0 Å². The Morgan fingerprint density at radius 2 is 2.11 bits per heavy atom. The van der Waals surface area contributed by atoms with Crippen LogP contribution in [0.5, 0.6) is 0 Å². The van der Waals surface area contributed by atoms with Crippen molar-refractivity contribution in [3.63, 3.8) is 0 Å². The highest BCUT2D eigenvalue weighted by Gasteiger charge is 2.16. The number of nitrogens with zero attached hydrogens (tertiary/aromatic N) is 1. The van der Waals surface area contributed by atoms with Crippen molar-refractivity contribution in [2.45, 2.75) is 6.92 Å². The first kappa shape index (κ1) is 13.3. The normalized spacial score (nSPS) is 10.2. The maximum atomic E-state index is 11.9. The second kappa shape index (κ2) is 5.23. The number of hydrogen-bond acceptors (Lipinski definition) is 3. The second-order valence-corrected chi connectivity index (χ2v) is 4.84. The van der Waals surface area contributed by atoms with Crippen LogP contribution in [-0.2, 0) is 0 Å². The Morgan fingerprint density at radius 1 is 1.37 bits per heavy atom. The van der Waals surface area contributed by atoms with E-state index >= 15 is 0 Å². The van der Waals surface area contributed by atoms with Crippen molar-refractivity contribution in [1.82, 2.24) is 4.98 Å². The van der Waals surface area contributed by atoms with Crippen molar-refractivity contribution in [1.29, 1.82) is 0 Å². The molecule has 2 aromatic rings. The topological polar surface area (TPSA) is 88.0 Å². The Labute approximate surface area is 117 Å². The number of anilines is 1. The molecule has 6 nitrogen and oxygen atoms in total. The van der Waals surface area contributed by atoms with Gasteiger partial charge in [-0.2, -0.15) is 0 Å². The maximum Gasteiger partial charge on any atom is 0.321 e. The fraction of sp³-hybridized carbons (Fsp3) is 0.0833. The number of rotatable bonds is 3. The molecule has 0 aliphatic rings. The molecule has 0 atom stereocenters. The van der Waals surface area contributed by atoms with Gasteiger partial charge in [0.1, 0.15) is 0 Å². The molecular formula is C12H10BrN3O3. The van der Waals surface area contributed by atoms with Gasteiger partial charge in [-0.05, 0) is 35.6 Å². The number of aromatic nitrogens is 1. The van der Waals surface area contributed by atoms with E-state index < -0.39 is 10.8 Å². The molecule has 0 radical (unpaired) electrons. The van der Waals surface area contributed by atoms with Gasteiger partial charge >= 0.3 is 5.82 Å². The third-order valence-corrected chi connectivity index (χ3v) is 3.05. The molecule has 2 N–H and O–H groups in total. The Morgan fingerprint density at radius 3 is 2.74 bits per heavy atom. The minimum absolute atomic E-state index is 0.145. The molecule has 19 heavy (non-hydrogen) atoms. The molecule has 1 aromatic carbocycles. The van der Waals surface area contributed by atoms with E-state index in [4.69, 9.17) is 0 Å². The summed E-state index contributed by atoms with van der Waals surface area (Å²) in [7, 11) is 0. The molecular weight excluding hydrogens is 314 g/mol. The lowest BCUT2D eigenvalue weighted by molar-refractivity contribution is -0.389. The lowest BCUT2D eigenvalue weighted by atomic mass is 10.2. The Bertz CT molecular complexity index is 651. The number of nitrogens with one attached hydrogen (secondary N) is 2. The van der Waals surface area contributed by atoms with E-state index in [1.807, 2.05) is 19.1 Å². The number of H-pyrrole nitrogens is 1. The summed E-state index contributed by atoms with van der Waals surface area (Å²) in [5, 5.41) is 13.2. The van der Waals surface area contributed by atoms with Gasteiger partial charge in [0, 0.05) is 16.2 Å². The molecule has 0 spiro atoms. The number of aryl methyl sites for hydroxylation is 1. The quantitative estimate of drug-likeness (QED) is 0.671. The molecule has 98 valence electrons. The summed E-state index contributed by atoms with van der Waals surface area (Å²) >= 11 is 3.32. The van der Waals surface area contributed by atoms with Gasteiger partial charge in [-0.1, -0.05) is 22.0 Å². The highest BCUT2D eigenvalue weighted by atomic mass is 79.9. The summed E-state index contributed by atoms with van der Waals surface area (Å²) in [5.41, 5.74) is 1.69. The summed E-state index contributed by atoms with van der Waals surface area (Å²) in [6, 6.07) is 8.12. The maximum absolute atomic E-state index is 11.9. The zero-order valence-corrected chi connectivity index (χ0v) is 11.5. The van der Waals surface area contributed by atoms with Gasteiger partial charge in [0.2, 0.25) is 0 Å². The predicted molar refractivity (Wildman–Crippen MR) is 74.3 cm³/mol. The van der Waals surface area contributed by atoms with E-state index in [0.29, 0.717) is 5.69 Å². The predicted octanol–water partition coefficient (Wildman–Crippen LogP) is 3.25. The van der Waals surface area contributed by atoms with Crippen LogP contribution >= 0.6 is 15.9 Å². The summed E-state index contributed by atoms with van der Waals surface area (Å²) < 4.78 is 0.839. The monoisotopic (exact) mass is 323 g/mol. The molecule has 0 aliphatic carbocycles. The molecule has 0 bridgehead atoms. The summed E-state index contributed by atoms with van der Waals surface area (Å²) in [4.78, 5) is 24.3. The van der Waals surface area contributed by atoms with Crippen molar-refractivity contribution in [2.75, 3.05) is 5.32 Å². The molecule has 0 saturated heterocycles. The molecule has 1 heterocycles. The third-order valence-electron chi connectivity index (χ3n) is 2.56. The largest absolute Gasteiger partial charge is 0.358 e. The van der Waals surface area contributed by atoms with Crippen LogP contribution in [0.1, 0.15) is 16.1 Å². The van der Waals surface area contributed by atoms with Gasteiger partial charge in [-0.25, -0.2) is 4.98 Å². The first-order valence-corrected chi connectivity index (χ1v) is 6.17. The average Bonchev–Trinajstić information content (AvgIpc) is 2.83. The first-order valence-electron chi connectivity index (χ1n) is 5.38. The van der Waals surface area contributed by atoms with Crippen molar-refractivity contribution in [2.24, 2.45) is 0 Å². The number of carbonyl (C=O) groups excluding carboxylic acids is 1. The standard InChI is InChI=1S/C12H10BrN3O3/c1-7-2-3-8(13)6-10(7)15-12(17)9-4-5-11(14-9)16(18)19/h2-6,14H,1H3,(H,15,17). The van der Waals surface area contributed by atoms with Gasteiger partial charge in [0.05, 0.1) is 0 Å². The van der Waals surface area contributed by atoms with E-state index in [2.05, 4.69) is 26.2 Å². The van der Waals surface area contributed by atoms with Crippen LogP contribution in [0.15, 0.2) is 34.8 Å². The number of amides is 1. The van der Waals surface area contributed by atoms with Crippen LogP contribution < -0.4 is 5.32 Å². The van der Waals surface area contributed by atoms with Crippen LogP contribution in [0, 0.1) is 17.0 Å². The molecule has 1 amide bonds. The molecule has 1 aromatic heterocycles. The van der Waals surface area contributed by atoms with Gasteiger partial charge in [0.15, 0.2) is 5.69 Å². The molecule has 2 rings (SSSR count). The summed E-state index contributed by atoms with van der Waals surface area (Å²) in [5.74, 6) is -0.634. The summed E-state index contributed by atoms with van der Waals surface area (Å²) in [6.07, 6.45) is 0. The number of carbonyl (C=O) groups is 1. The molecule has 0 aliphatic heterocycles. The van der Waals surface area contributed by atoms with Crippen molar-refractivity contribution in [3.05, 3.63) is 56.2 Å². The number of hydrogen-bond donors (Lipinski definition) is 2. The van der Waals surface area contributed by atoms with Gasteiger partial charge in [0.25, 0.3) is 5.91 Å². The van der Waals surface area contributed by atoms with Crippen LogP contribution in [0.25, 0.3) is 0 Å². The smallest absolute Gasteiger partial charge is 0.321 e. The van der Waals surface area contributed by atoms with Gasteiger partial charge in [-0.15, -0.1) is 0 Å². The summed E-state index contributed by atoms with van der Waals surface area (Å²) in [6.45, 7) is 1.86. The minimum Gasteiger partial charge on any atom is -0.358 e. The van der Waals surface area contributed by atoms with Gasteiger partial charge < -0.3 is 15.4 Å². The van der Waals surface area contributed by atoms with E-state index in [1.165, 1.54) is 12.1 Å². The number of nitro groups is 1. The lowest BCUT2D eigenvalue weighted by Crippen LogP contribution is -2.13. The van der Waals surface area contributed by atoms with Crippen LogP contribution in [-0.4, -0.2) is 15.8 Å². The highest BCUT2D eigenvalue weighted by Crippen LogP contribution is 2.21. The molecule has 0 unspecified atom stereocenters. The third kappa shape index (κ3) is 3.00. The van der Waals surface area contributed by atoms with Crippen molar-refractivity contribution < 1.29 is 9.72 Å². The highest BCUT2D eigenvalue weighted by molar-refractivity contribution is 9.10. The van der Waals surface area contributed by atoms with E-state index in [-0.39, 0.29) is 11.5 Å². The van der Waals surface area contributed by atoms with Gasteiger partial charge in [-0.3, -0.25) is 4.79 Å². The Kier molecular flexibility index (Phi) is 3.66. The zero-order valence-electron chi connectivity index (χ0n) is 9.94. The van der Waals surface area contributed by atoms with E-state index in [1.54, 1.807) is 6.07 Å². The van der Waals surface area contributed by atoms with E-state index in [9.17, 15) is 14.9 Å².